The smallest absolute Gasteiger partial charge is 0.387 e. The van der Waals surface area contributed by atoms with Crippen molar-refractivity contribution in [3.8, 4) is 11.6 Å². The van der Waals surface area contributed by atoms with Gasteiger partial charge >= 0.3 is 18.2 Å². The van der Waals surface area contributed by atoms with Crippen molar-refractivity contribution in [1.29, 1.82) is 0 Å². The molecule has 140 valence electrons. The van der Waals surface area contributed by atoms with Crippen LogP contribution in [0.15, 0.2) is 24.4 Å². The molecule has 1 aromatic carbocycles. The summed E-state index contributed by atoms with van der Waals surface area (Å²) >= 11 is 5.79. The van der Waals surface area contributed by atoms with Gasteiger partial charge in [-0.05, 0) is 18.2 Å². The number of benzene rings is 1. The molecule has 0 aliphatic heterocycles. The summed E-state index contributed by atoms with van der Waals surface area (Å²) < 4.78 is 34.5. The van der Waals surface area contributed by atoms with E-state index in [2.05, 4.69) is 15.2 Å². The van der Waals surface area contributed by atoms with Crippen molar-refractivity contribution < 1.29 is 28.0 Å². The zero-order chi connectivity index (χ0) is 19.3. The first-order valence-electron chi connectivity index (χ1n) is 7.10. The molecule has 12 heteroatoms. The minimum atomic E-state index is -3.01. The highest BCUT2D eigenvalue weighted by Crippen LogP contribution is 2.29. The third-order valence-electron chi connectivity index (χ3n) is 3.10. The first-order valence-corrected chi connectivity index (χ1v) is 7.48. The molecule has 0 unspecified atom stereocenters. The Morgan fingerprint density at radius 3 is 2.77 bits per heavy atom. The monoisotopic (exact) mass is 390 g/mol. The van der Waals surface area contributed by atoms with E-state index in [1.54, 1.807) is 0 Å². The molecule has 0 fully saturated rings. The van der Waals surface area contributed by atoms with E-state index < -0.39 is 17.4 Å². The number of halogens is 3. The van der Waals surface area contributed by atoms with Crippen molar-refractivity contribution in [2.24, 2.45) is 0 Å². The quantitative estimate of drug-likeness (QED) is 0.548. The molecule has 1 amide bonds. The highest BCUT2D eigenvalue weighted by Gasteiger charge is 2.20. The molecule has 0 saturated heterocycles. The molecule has 0 atom stereocenters. The number of anilines is 1. The molecule has 0 saturated carbocycles. The molecule has 2 rings (SSSR count). The van der Waals surface area contributed by atoms with Crippen LogP contribution >= 0.6 is 11.6 Å². The second-order valence-corrected chi connectivity index (χ2v) is 5.27. The molecule has 0 aliphatic carbocycles. The van der Waals surface area contributed by atoms with E-state index in [1.807, 2.05) is 0 Å². The van der Waals surface area contributed by atoms with E-state index in [0.29, 0.717) is 0 Å². The minimum absolute atomic E-state index is 0.0467. The van der Waals surface area contributed by atoms with Gasteiger partial charge in [0.05, 0.1) is 23.6 Å². The SMILES string of the molecule is COc1nn(CCC(=O)Nc2ccc(OC(F)F)c(Cl)c2)cc1[N+](=O)[O-]. The number of nitro groups is 1. The number of carbonyl (C=O) groups is 1. The average Bonchev–Trinajstić information content (AvgIpc) is 2.99. The summed E-state index contributed by atoms with van der Waals surface area (Å²) in [4.78, 5) is 22.1. The number of aromatic nitrogens is 2. The van der Waals surface area contributed by atoms with Gasteiger partial charge in [0.2, 0.25) is 5.91 Å². The van der Waals surface area contributed by atoms with Gasteiger partial charge in [-0.3, -0.25) is 19.6 Å². The van der Waals surface area contributed by atoms with Gasteiger partial charge < -0.3 is 14.8 Å². The summed E-state index contributed by atoms with van der Waals surface area (Å²) in [6, 6.07) is 3.81. The van der Waals surface area contributed by atoms with Crippen LogP contribution in [0.5, 0.6) is 11.6 Å². The van der Waals surface area contributed by atoms with Crippen molar-refractivity contribution in [2.75, 3.05) is 12.4 Å². The topological polar surface area (TPSA) is 109 Å². The number of amides is 1. The fourth-order valence-corrected chi connectivity index (χ4v) is 2.21. The number of methoxy groups -OCH3 is 1. The lowest BCUT2D eigenvalue weighted by atomic mass is 10.3. The molecule has 1 heterocycles. The van der Waals surface area contributed by atoms with Crippen LogP contribution < -0.4 is 14.8 Å². The van der Waals surface area contributed by atoms with Crippen LogP contribution in [0.4, 0.5) is 20.2 Å². The summed E-state index contributed by atoms with van der Waals surface area (Å²) in [5.74, 6) is -0.798. The number of rotatable bonds is 8. The van der Waals surface area contributed by atoms with E-state index in [1.165, 1.54) is 30.0 Å². The third-order valence-corrected chi connectivity index (χ3v) is 3.39. The Morgan fingerprint density at radius 1 is 1.50 bits per heavy atom. The number of alkyl halides is 2. The maximum Gasteiger partial charge on any atom is 0.387 e. The van der Waals surface area contributed by atoms with Gasteiger partial charge in [-0.25, -0.2) is 0 Å². The number of hydrogen-bond acceptors (Lipinski definition) is 6. The lowest BCUT2D eigenvalue weighted by Crippen LogP contribution is -2.15. The standard InChI is InChI=1S/C14H13ClF2N4O5/c1-25-13-10(21(23)24)7-20(19-13)5-4-12(22)18-8-2-3-11(9(15)6-8)26-14(16)17/h2-3,6-7,14H,4-5H2,1H3,(H,18,22). The highest BCUT2D eigenvalue weighted by atomic mass is 35.5. The molecule has 0 spiro atoms. The largest absolute Gasteiger partial charge is 0.475 e. The molecule has 1 aromatic heterocycles. The summed E-state index contributed by atoms with van der Waals surface area (Å²) in [7, 11) is 1.25. The van der Waals surface area contributed by atoms with Gasteiger partial charge in [0.15, 0.2) is 0 Å². The second kappa shape index (κ2) is 8.43. The van der Waals surface area contributed by atoms with E-state index >= 15 is 0 Å². The number of ether oxygens (including phenoxy) is 2. The molecule has 2 aromatic rings. The zero-order valence-corrected chi connectivity index (χ0v) is 14.1. The van der Waals surface area contributed by atoms with Gasteiger partial charge in [0.1, 0.15) is 11.9 Å². The van der Waals surface area contributed by atoms with Crippen LogP contribution in [0.3, 0.4) is 0 Å². The van der Waals surface area contributed by atoms with Crippen LogP contribution in [0.2, 0.25) is 5.02 Å². The molecule has 26 heavy (non-hydrogen) atoms. The number of nitrogens with zero attached hydrogens (tertiary/aromatic N) is 3. The van der Waals surface area contributed by atoms with Crippen molar-refractivity contribution >= 4 is 28.9 Å². The van der Waals surface area contributed by atoms with Crippen molar-refractivity contribution in [3.05, 3.63) is 39.5 Å². The Hall–Kier alpha value is -2.95. The predicted molar refractivity (Wildman–Crippen MR) is 86.8 cm³/mol. The summed E-state index contributed by atoms with van der Waals surface area (Å²) in [6.45, 7) is -2.95. The first kappa shape index (κ1) is 19.4. The molecule has 0 bridgehead atoms. The zero-order valence-electron chi connectivity index (χ0n) is 13.3. The lowest BCUT2D eigenvalue weighted by Gasteiger charge is -2.09. The van der Waals surface area contributed by atoms with Crippen LogP contribution in [0, 0.1) is 10.1 Å². The third kappa shape index (κ3) is 5.02. The molecule has 0 aliphatic rings. The van der Waals surface area contributed by atoms with Crippen molar-refractivity contribution in [1.82, 2.24) is 9.78 Å². The Kier molecular flexibility index (Phi) is 6.28. The summed E-state index contributed by atoms with van der Waals surface area (Å²) in [6.07, 6.45) is 1.11. The van der Waals surface area contributed by atoms with Crippen LogP contribution in [0.25, 0.3) is 0 Å². The van der Waals surface area contributed by atoms with Crippen LogP contribution in [-0.4, -0.2) is 34.3 Å². The molecule has 9 nitrogen and oxygen atoms in total. The van der Waals surface area contributed by atoms with Gasteiger partial charge in [-0.2, -0.15) is 8.78 Å². The summed E-state index contributed by atoms with van der Waals surface area (Å²) in [5.41, 5.74) is -0.0278. The normalized spacial score (nSPS) is 10.7. The van der Waals surface area contributed by atoms with Crippen molar-refractivity contribution in [3.63, 3.8) is 0 Å². The number of nitrogens with one attached hydrogen (secondary N) is 1. The average molecular weight is 391 g/mol. The van der Waals surface area contributed by atoms with Gasteiger partial charge in [0.25, 0.3) is 0 Å². The molecule has 0 radical (unpaired) electrons. The van der Waals surface area contributed by atoms with E-state index in [9.17, 15) is 23.7 Å². The van der Waals surface area contributed by atoms with Crippen molar-refractivity contribution in [2.45, 2.75) is 19.6 Å². The second-order valence-electron chi connectivity index (χ2n) is 4.87. The lowest BCUT2D eigenvalue weighted by molar-refractivity contribution is -0.385. The van der Waals surface area contributed by atoms with Gasteiger partial charge in [0, 0.05) is 12.1 Å². The minimum Gasteiger partial charge on any atom is -0.475 e. The van der Waals surface area contributed by atoms with Gasteiger partial charge in [-0.1, -0.05) is 11.6 Å². The van der Waals surface area contributed by atoms with Crippen LogP contribution in [-0.2, 0) is 11.3 Å². The van der Waals surface area contributed by atoms with E-state index in [-0.39, 0.29) is 41.0 Å². The predicted octanol–water partition coefficient (Wildman–Crippen LogP) is 3.08. The molecular formula is C14H13ClF2N4O5. The maximum absolute atomic E-state index is 12.2. The number of hydrogen-bond donors (Lipinski definition) is 1. The Balaban J connectivity index is 1.95. The first-order chi connectivity index (χ1) is 12.3. The Morgan fingerprint density at radius 2 is 2.23 bits per heavy atom. The van der Waals surface area contributed by atoms with E-state index in [4.69, 9.17) is 16.3 Å². The van der Waals surface area contributed by atoms with Gasteiger partial charge in [-0.15, -0.1) is 5.10 Å². The van der Waals surface area contributed by atoms with E-state index in [0.717, 1.165) is 6.20 Å². The highest BCUT2D eigenvalue weighted by molar-refractivity contribution is 6.32. The van der Waals surface area contributed by atoms with Crippen LogP contribution in [0.1, 0.15) is 6.42 Å². The maximum atomic E-state index is 12.2. The molecular weight excluding hydrogens is 378 g/mol. The number of carbonyl (C=O) groups excluding carboxylic acids is 1. The molecule has 1 N–H and O–H groups in total. The Bertz CT molecular complexity index is 815. The summed E-state index contributed by atoms with van der Waals surface area (Å²) in [5, 5.41) is 17.1. The number of aryl methyl sites for hydroxylation is 1. The fourth-order valence-electron chi connectivity index (χ4n) is 1.99. The Labute approximate surface area is 150 Å². The fraction of sp³-hybridized carbons (Fsp3) is 0.286.